The molecule has 1 atom stereocenters. The highest BCUT2D eigenvalue weighted by atomic mass is 16.5. The predicted molar refractivity (Wildman–Crippen MR) is 73.3 cm³/mol. The van der Waals surface area contributed by atoms with Crippen molar-refractivity contribution in [3.8, 4) is 5.75 Å². The highest BCUT2D eigenvalue weighted by Gasteiger charge is 2.25. The summed E-state index contributed by atoms with van der Waals surface area (Å²) >= 11 is 0. The third-order valence-electron chi connectivity index (χ3n) is 3.11. The number of aliphatic hydroxyl groups is 1. The van der Waals surface area contributed by atoms with Gasteiger partial charge in [0.05, 0.1) is 12.7 Å². The second kappa shape index (κ2) is 6.06. The molecule has 0 aromatic heterocycles. The van der Waals surface area contributed by atoms with Crippen LogP contribution in [-0.4, -0.2) is 41.7 Å². The maximum absolute atomic E-state index is 12.2. The third kappa shape index (κ3) is 3.70. The molecule has 104 valence electrons. The number of ether oxygens (including phenoxy) is 1. The molecule has 0 saturated carbocycles. The summed E-state index contributed by atoms with van der Waals surface area (Å²) in [6.07, 6.45) is 0.277. The van der Waals surface area contributed by atoms with Crippen molar-refractivity contribution in [2.75, 3.05) is 19.7 Å². The average Bonchev–Trinajstić information content (AvgIpc) is 2.82. The number of benzene rings is 1. The van der Waals surface area contributed by atoms with Gasteiger partial charge in [0.2, 0.25) is 0 Å². The van der Waals surface area contributed by atoms with Crippen molar-refractivity contribution in [3.05, 3.63) is 29.8 Å². The van der Waals surface area contributed by atoms with E-state index in [0.29, 0.717) is 37.6 Å². The molecule has 19 heavy (non-hydrogen) atoms. The molecule has 4 nitrogen and oxygen atoms in total. The summed E-state index contributed by atoms with van der Waals surface area (Å²) < 4.78 is 5.62. The van der Waals surface area contributed by atoms with Gasteiger partial charge in [0.15, 0.2) is 0 Å². The molecule has 1 saturated heterocycles. The topological polar surface area (TPSA) is 49.8 Å². The second-order valence-electron chi connectivity index (χ2n) is 5.43. The van der Waals surface area contributed by atoms with Crippen molar-refractivity contribution < 1.29 is 14.6 Å². The lowest BCUT2D eigenvalue weighted by Crippen LogP contribution is -2.29. The molecule has 1 aromatic carbocycles. The molecule has 0 bridgehead atoms. The number of amides is 1. The van der Waals surface area contributed by atoms with Gasteiger partial charge in [0, 0.05) is 18.7 Å². The van der Waals surface area contributed by atoms with Crippen molar-refractivity contribution in [2.24, 2.45) is 5.92 Å². The Kier molecular flexibility index (Phi) is 4.43. The minimum Gasteiger partial charge on any atom is -0.493 e. The van der Waals surface area contributed by atoms with Gasteiger partial charge in [-0.2, -0.15) is 0 Å². The van der Waals surface area contributed by atoms with Gasteiger partial charge in [-0.15, -0.1) is 0 Å². The first kappa shape index (κ1) is 13.9. The summed E-state index contributed by atoms with van der Waals surface area (Å²) in [4.78, 5) is 13.9. The number of nitrogens with zero attached hydrogens (tertiary/aromatic N) is 1. The summed E-state index contributed by atoms with van der Waals surface area (Å²) in [5.41, 5.74) is 0.621. The molecule has 2 rings (SSSR count). The molecule has 1 heterocycles. The Labute approximate surface area is 114 Å². The first-order valence-corrected chi connectivity index (χ1v) is 6.76. The van der Waals surface area contributed by atoms with Crippen molar-refractivity contribution >= 4 is 5.91 Å². The zero-order chi connectivity index (χ0) is 13.8. The van der Waals surface area contributed by atoms with Crippen LogP contribution in [0.1, 0.15) is 30.6 Å². The van der Waals surface area contributed by atoms with E-state index in [0.717, 1.165) is 5.75 Å². The van der Waals surface area contributed by atoms with E-state index in [1.807, 2.05) is 12.1 Å². The Morgan fingerprint density at radius 2 is 2.32 bits per heavy atom. The van der Waals surface area contributed by atoms with Crippen LogP contribution in [0.15, 0.2) is 24.3 Å². The summed E-state index contributed by atoms with van der Waals surface area (Å²) in [5.74, 6) is 1.14. The Morgan fingerprint density at radius 1 is 1.53 bits per heavy atom. The fourth-order valence-corrected chi connectivity index (χ4v) is 2.09. The van der Waals surface area contributed by atoms with Crippen LogP contribution in [-0.2, 0) is 0 Å². The van der Waals surface area contributed by atoms with Crippen LogP contribution in [0.4, 0.5) is 0 Å². The lowest BCUT2D eigenvalue weighted by Gasteiger charge is -2.16. The van der Waals surface area contributed by atoms with Crippen LogP contribution in [0.25, 0.3) is 0 Å². The normalized spacial score (nSPS) is 18.9. The van der Waals surface area contributed by atoms with Crippen molar-refractivity contribution in [2.45, 2.75) is 26.4 Å². The molecule has 1 fully saturated rings. The Hall–Kier alpha value is -1.55. The van der Waals surface area contributed by atoms with Gasteiger partial charge in [-0.05, 0) is 30.5 Å². The van der Waals surface area contributed by atoms with Gasteiger partial charge in [-0.1, -0.05) is 19.9 Å². The smallest absolute Gasteiger partial charge is 0.254 e. The molecular weight excluding hydrogens is 242 g/mol. The van der Waals surface area contributed by atoms with E-state index in [1.54, 1.807) is 17.0 Å². The molecule has 0 aliphatic carbocycles. The third-order valence-corrected chi connectivity index (χ3v) is 3.11. The largest absolute Gasteiger partial charge is 0.493 e. The van der Waals surface area contributed by atoms with E-state index in [-0.39, 0.29) is 12.0 Å². The lowest BCUT2D eigenvalue weighted by atomic mass is 10.2. The van der Waals surface area contributed by atoms with Crippen molar-refractivity contribution in [1.82, 2.24) is 4.90 Å². The van der Waals surface area contributed by atoms with Crippen LogP contribution in [0.2, 0.25) is 0 Å². The molecule has 1 aromatic rings. The van der Waals surface area contributed by atoms with E-state index >= 15 is 0 Å². The Morgan fingerprint density at radius 3 is 2.95 bits per heavy atom. The number of hydrogen-bond donors (Lipinski definition) is 1. The highest BCUT2D eigenvalue weighted by Crippen LogP contribution is 2.18. The average molecular weight is 263 g/mol. The number of β-amino-alcohol motifs (C(OH)–C–C–N with tert-alkyl or cyclic N) is 1. The monoisotopic (exact) mass is 263 g/mol. The first-order chi connectivity index (χ1) is 9.06. The summed E-state index contributed by atoms with van der Waals surface area (Å²) in [6.45, 7) is 5.86. The summed E-state index contributed by atoms with van der Waals surface area (Å²) in [6, 6.07) is 7.25. The molecule has 1 N–H and O–H groups in total. The van der Waals surface area contributed by atoms with E-state index in [9.17, 15) is 9.90 Å². The molecule has 0 unspecified atom stereocenters. The lowest BCUT2D eigenvalue weighted by molar-refractivity contribution is 0.0764. The fraction of sp³-hybridized carbons (Fsp3) is 0.533. The van der Waals surface area contributed by atoms with Gasteiger partial charge in [0.1, 0.15) is 5.75 Å². The fourth-order valence-electron chi connectivity index (χ4n) is 2.09. The van der Waals surface area contributed by atoms with Gasteiger partial charge in [0.25, 0.3) is 5.91 Å². The molecule has 0 radical (unpaired) electrons. The zero-order valence-corrected chi connectivity index (χ0v) is 11.5. The predicted octanol–water partition coefficient (Wildman–Crippen LogP) is 1.93. The Balaban J connectivity index is 2.03. The van der Waals surface area contributed by atoms with Crippen LogP contribution < -0.4 is 4.74 Å². The van der Waals surface area contributed by atoms with Crippen LogP contribution in [0, 0.1) is 5.92 Å². The maximum Gasteiger partial charge on any atom is 0.254 e. The number of carbonyl (C=O) groups is 1. The first-order valence-electron chi connectivity index (χ1n) is 6.76. The highest BCUT2D eigenvalue weighted by molar-refractivity contribution is 5.94. The number of aliphatic hydroxyl groups excluding tert-OH is 1. The zero-order valence-electron chi connectivity index (χ0n) is 11.5. The molecule has 1 aliphatic heterocycles. The number of carbonyl (C=O) groups excluding carboxylic acids is 1. The number of likely N-dealkylation sites (tertiary alicyclic amines) is 1. The van der Waals surface area contributed by atoms with Gasteiger partial charge in [-0.3, -0.25) is 4.79 Å². The van der Waals surface area contributed by atoms with Crippen LogP contribution >= 0.6 is 0 Å². The number of hydrogen-bond acceptors (Lipinski definition) is 3. The minimum absolute atomic E-state index is 0.0356. The maximum atomic E-state index is 12.2. The molecule has 0 spiro atoms. The van der Waals surface area contributed by atoms with E-state index in [1.165, 1.54) is 0 Å². The molecular formula is C15H21NO3. The summed E-state index contributed by atoms with van der Waals surface area (Å²) in [5, 5.41) is 9.48. The quantitative estimate of drug-likeness (QED) is 0.903. The SMILES string of the molecule is CC(C)COc1cccc(C(=O)N2CC[C@@H](O)C2)c1. The van der Waals surface area contributed by atoms with E-state index < -0.39 is 0 Å². The number of rotatable bonds is 4. The van der Waals surface area contributed by atoms with Crippen LogP contribution in [0.5, 0.6) is 5.75 Å². The molecule has 1 amide bonds. The van der Waals surface area contributed by atoms with Gasteiger partial charge in [-0.25, -0.2) is 0 Å². The molecule has 1 aliphatic rings. The molecule has 4 heteroatoms. The van der Waals surface area contributed by atoms with E-state index in [2.05, 4.69) is 13.8 Å². The summed E-state index contributed by atoms with van der Waals surface area (Å²) in [7, 11) is 0. The standard InChI is InChI=1S/C15H21NO3/c1-11(2)10-19-14-5-3-4-12(8-14)15(18)16-7-6-13(17)9-16/h3-5,8,11,13,17H,6-7,9-10H2,1-2H3/t13-/m1/s1. The second-order valence-corrected chi connectivity index (χ2v) is 5.43. The van der Waals surface area contributed by atoms with Gasteiger partial charge >= 0.3 is 0 Å². The van der Waals surface area contributed by atoms with Crippen molar-refractivity contribution in [1.29, 1.82) is 0 Å². The van der Waals surface area contributed by atoms with Gasteiger partial charge < -0.3 is 14.7 Å². The van der Waals surface area contributed by atoms with Crippen molar-refractivity contribution in [3.63, 3.8) is 0 Å². The minimum atomic E-state index is -0.385. The van der Waals surface area contributed by atoms with Crippen LogP contribution in [0.3, 0.4) is 0 Å². The van der Waals surface area contributed by atoms with E-state index in [4.69, 9.17) is 4.74 Å². The Bertz CT molecular complexity index is 445.